The van der Waals surface area contributed by atoms with Crippen molar-refractivity contribution < 1.29 is 9.18 Å². The SMILES string of the molecule is O=C1[C@@H](Cc2ccccc2)C[C@H]2c3[nH]c4ccc(F)cc4c3CCN12. The van der Waals surface area contributed by atoms with Crippen LogP contribution in [0, 0.1) is 11.7 Å². The van der Waals surface area contributed by atoms with Crippen LogP contribution in [0.2, 0.25) is 0 Å². The van der Waals surface area contributed by atoms with Gasteiger partial charge in [0.25, 0.3) is 0 Å². The molecule has 1 fully saturated rings. The molecule has 5 rings (SSSR count). The Labute approximate surface area is 145 Å². The van der Waals surface area contributed by atoms with E-state index in [-0.39, 0.29) is 23.7 Å². The standard InChI is InChI=1S/C21H19FN2O/c22-15-6-7-18-17(12-15)16-8-9-24-19(20(16)23-18)11-14(21(24)25)10-13-4-2-1-3-5-13/h1-7,12,14,19,23H,8-11H2/t14-,19-/m0/s1. The number of hydrogen-bond acceptors (Lipinski definition) is 1. The minimum absolute atomic E-state index is 0.0292. The summed E-state index contributed by atoms with van der Waals surface area (Å²) in [6.07, 6.45) is 2.41. The number of amides is 1. The van der Waals surface area contributed by atoms with Gasteiger partial charge in [0.1, 0.15) is 5.82 Å². The number of nitrogens with zero attached hydrogens (tertiary/aromatic N) is 1. The molecular weight excluding hydrogens is 315 g/mol. The van der Waals surface area contributed by atoms with E-state index in [0.717, 1.165) is 42.4 Å². The lowest BCUT2D eigenvalue weighted by molar-refractivity contribution is -0.132. The van der Waals surface area contributed by atoms with Crippen LogP contribution in [0.3, 0.4) is 0 Å². The highest BCUT2D eigenvalue weighted by molar-refractivity contribution is 5.88. The summed E-state index contributed by atoms with van der Waals surface area (Å²) in [5.74, 6) is 0.0759. The number of aromatic nitrogens is 1. The molecule has 3 aromatic rings. The molecule has 3 nitrogen and oxygen atoms in total. The van der Waals surface area contributed by atoms with E-state index in [9.17, 15) is 9.18 Å². The van der Waals surface area contributed by atoms with E-state index < -0.39 is 0 Å². The molecule has 1 amide bonds. The monoisotopic (exact) mass is 334 g/mol. The summed E-state index contributed by atoms with van der Waals surface area (Å²) in [6.45, 7) is 0.727. The normalized spacial score (nSPS) is 22.3. The number of nitrogens with one attached hydrogen (secondary N) is 1. The van der Waals surface area contributed by atoms with Gasteiger partial charge in [-0.05, 0) is 48.6 Å². The van der Waals surface area contributed by atoms with Crippen molar-refractivity contribution in [2.24, 2.45) is 5.92 Å². The van der Waals surface area contributed by atoms with Crippen LogP contribution >= 0.6 is 0 Å². The van der Waals surface area contributed by atoms with Crippen LogP contribution in [0.15, 0.2) is 48.5 Å². The number of rotatable bonds is 2. The third-order valence-electron chi connectivity index (χ3n) is 5.68. The predicted octanol–water partition coefficient (Wildman–Crippen LogP) is 4.00. The van der Waals surface area contributed by atoms with Gasteiger partial charge in [-0.25, -0.2) is 4.39 Å². The zero-order valence-corrected chi connectivity index (χ0v) is 13.8. The molecule has 4 heteroatoms. The Morgan fingerprint density at radius 3 is 2.84 bits per heavy atom. The minimum Gasteiger partial charge on any atom is -0.356 e. The first kappa shape index (κ1) is 14.7. The summed E-state index contributed by atoms with van der Waals surface area (Å²) in [5.41, 5.74) is 4.46. The van der Waals surface area contributed by atoms with Crippen molar-refractivity contribution >= 4 is 16.8 Å². The van der Waals surface area contributed by atoms with Crippen molar-refractivity contribution in [3.63, 3.8) is 0 Å². The largest absolute Gasteiger partial charge is 0.356 e. The number of carbonyl (C=O) groups excluding carboxylic acids is 1. The molecule has 1 aromatic heterocycles. The number of hydrogen-bond donors (Lipinski definition) is 1. The maximum atomic E-state index is 13.6. The molecule has 2 aliphatic heterocycles. The van der Waals surface area contributed by atoms with Gasteiger partial charge in [0.15, 0.2) is 0 Å². The van der Waals surface area contributed by atoms with Crippen molar-refractivity contribution in [2.45, 2.75) is 25.3 Å². The second kappa shape index (κ2) is 5.45. The Morgan fingerprint density at radius 1 is 1.16 bits per heavy atom. The van der Waals surface area contributed by atoms with Gasteiger partial charge in [-0.1, -0.05) is 30.3 Å². The maximum Gasteiger partial charge on any atom is 0.226 e. The van der Waals surface area contributed by atoms with Gasteiger partial charge < -0.3 is 9.88 Å². The Bertz CT molecular complexity index is 963. The number of H-pyrrole nitrogens is 1. The van der Waals surface area contributed by atoms with Gasteiger partial charge in [-0.3, -0.25) is 4.79 Å². The van der Waals surface area contributed by atoms with E-state index in [2.05, 4.69) is 17.1 Å². The van der Waals surface area contributed by atoms with Gasteiger partial charge in [0.2, 0.25) is 5.91 Å². The highest BCUT2D eigenvalue weighted by atomic mass is 19.1. The fourth-order valence-corrected chi connectivity index (χ4v) is 4.52. The van der Waals surface area contributed by atoms with Gasteiger partial charge >= 0.3 is 0 Å². The number of fused-ring (bicyclic) bond motifs is 5. The molecular formula is C21H19FN2O. The zero-order valence-electron chi connectivity index (χ0n) is 13.8. The van der Waals surface area contributed by atoms with Crippen molar-refractivity contribution in [1.29, 1.82) is 0 Å². The van der Waals surface area contributed by atoms with E-state index in [1.54, 1.807) is 12.1 Å². The third kappa shape index (κ3) is 2.28. The van der Waals surface area contributed by atoms with Crippen molar-refractivity contribution in [2.75, 3.05) is 6.54 Å². The van der Waals surface area contributed by atoms with Gasteiger partial charge in [0, 0.05) is 29.1 Å². The minimum atomic E-state index is -0.207. The average Bonchev–Trinajstić information content (AvgIpc) is 3.14. The number of aromatic amines is 1. The molecule has 3 heterocycles. The Hall–Kier alpha value is -2.62. The fourth-order valence-electron chi connectivity index (χ4n) is 4.52. The van der Waals surface area contributed by atoms with Gasteiger partial charge in [0.05, 0.1) is 6.04 Å². The highest BCUT2D eigenvalue weighted by Gasteiger charge is 2.43. The second-order valence-corrected chi connectivity index (χ2v) is 7.13. The molecule has 0 bridgehead atoms. The smallest absolute Gasteiger partial charge is 0.226 e. The van der Waals surface area contributed by atoms with Crippen LogP contribution in [0.1, 0.15) is 29.3 Å². The van der Waals surface area contributed by atoms with Crippen molar-refractivity contribution in [1.82, 2.24) is 9.88 Å². The first-order valence-electron chi connectivity index (χ1n) is 8.85. The number of carbonyl (C=O) groups is 1. The summed E-state index contributed by atoms with van der Waals surface area (Å²) in [4.78, 5) is 18.3. The molecule has 0 saturated carbocycles. The van der Waals surface area contributed by atoms with Crippen LogP contribution in [0.5, 0.6) is 0 Å². The van der Waals surface area contributed by atoms with E-state index in [4.69, 9.17) is 0 Å². The molecule has 0 unspecified atom stereocenters. The van der Waals surface area contributed by atoms with Gasteiger partial charge in [-0.2, -0.15) is 0 Å². The quantitative estimate of drug-likeness (QED) is 0.756. The summed E-state index contributed by atoms with van der Waals surface area (Å²) >= 11 is 0. The molecule has 2 aromatic carbocycles. The van der Waals surface area contributed by atoms with Crippen LogP contribution in [0.4, 0.5) is 4.39 Å². The van der Waals surface area contributed by atoms with Crippen LogP contribution in [0.25, 0.3) is 10.9 Å². The van der Waals surface area contributed by atoms with Gasteiger partial charge in [-0.15, -0.1) is 0 Å². The molecule has 2 aliphatic rings. The lowest BCUT2D eigenvalue weighted by Gasteiger charge is -2.29. The van der Waals surface area contributed by atoms with Crippen LogP contribution in [-0.2, 0) is 17.6 Å². The first-order chi connectivity index (χ1) is 12.2. The molecule has 126 valence electrons. The molecule has 0 radical (unpaired) electrons. The maximum absolute atomic E-state index is 13.6. The first-order valence-corrected chi connectivity index (χ1v) is 8.85. The number of benzene rings is 2. The topological polar surface area (TPSA) is 36.1 Å². The lowest BCUT2D eigenvalue weighted by Crippen LogP contribution is -2.35. The fraction of sp³-hybridized carbons (Fsp3) is 0.286. The molecule has 0 aliphatic carbocycles. The van der Waals surface area contributed by atoms with Crippen LogP contribution < -0.4 is 0 Å². The Balaban J connectivity index is 1.50. The Kier molecular flexibility index (Phi) is 3.20. The molecule has 25 heavy (non-hydrogen) atoms. The van der Waals surface area contributed by atoms with E-state index >= 15 is 0 Å². The van der Waals surface area contributed by atoms with E-state index in [1.165, 1.54) is 17.2 Å². The molecule has 1 saturated heterocycles. The highest BCUT2D eigenvalue weighted by Crippen LogP contribution is 2.43. The van der Waals surface area contributed by atoms with Crippen LogP contribution in [-0.4, -0.2) is 22.3 Å². The third-order valence-corrected chi connectivity index (χ3v) is 5.68. The predicted molar refractivity (Wildman–Crippen MR) is 94.7 cm³/mol. The van der Waals surface area contributed by atoms with Crippen molar-refractivity contribution in [3.8, 4) is 0 Å². The molecule has 1 N–H and O–H groups in total. The Morgan fingerprint density at radius 2 is 2.00 bits per heavy atom. The zero-order chi connectivity index (χ0) is 17.0. The average molecular weight is 334 g/mol. The summed E-state index contributed by atoms with van der Waals surface area (Å²) in [5, 5.41) is 0.966. The summed E-state index contributed by atoms with van der Waals surface area (Å²) < 4.78 is 13.6. The molecule has 2 atom stereocenters. The van der Waals surface area contributed by atoms with E-state index in [1.807, 2.05) is 23.1 Å². The number of halogens is 1. The summed E-state index contributed by atoms with van der Waals surface area (Å²) in [7, 11) is 0. The molecule has 0 spiro atoms. The summed E-state index contributed by atoms with van der Waals surface area (Å²) in [6, 6.07) is 15.2. The van der Waals surface area contributed by atoms with Crippen molar-refractivity contribution in [3.05, 3.63) is 71.2 Å². The van der Waals surface area contributed by atoms with E-state index in [0.29, 0.717) is 0 Å². The second-order valence-electron chi connectivity index (χ2n) is 7.13. The lowest BCUT2D eigenvalue weighted by atomic mass is 9.93.